The summed E-state index contributed by atoms with van der Waals surface area (Å²) in [5.74, 6) is 0.895. The predicted octanol–water partition coefficient (Wildman–Crippen LogP) is 3.06. The molecular formula is C30H29Cl3OTi. The van der Waals surface area contributed by atoms with Gasteiger partial charge < -0.3 is 29.6 Å². The normalized spacial score (nSPS) is 10.5. The van der Waals surface area contributed by atoms with Crippen LogP contribution in [0.2, 0.25) is 5.02 Å². The summed E-state index contributed by atoms with van der Waals surface area (Å²) in [7, 11) is 1.71. The number of rotatable bonds is 2. The molecule has 35 heavy (non-hydrogen) atoms. The summed E-state index contributed by atoms with van der Waals surface area (Å²) in [6.07, 6.45) is 0. The molecule has 5 aromatic carbocycles. The van der Waals surface area contributed by atoms with Crippen LogP contribution in [-0.4, -0.2) is 7.11 Å². The van der Waals surface area contributed by atoms with Gasteiger partial charge in [0.15, 0.2) is 0 Å². The summed E-state index contributed by atoms with van der Waals surface area (Å²) in [6.45, 7) is 8.85. The second-order valence-corrected chi connectivity index (χ2v) is 9.71. The van der Waals surface area contributed by atoms with E-state index in [0.29, 0.717) is 5.41 Å². The summed E-state index contributed by atoms with van der Waals surface area (Å²) in [5, 5.41) is 5.42. The molecule has 5 heteroatoms. The van der Waals surface area contributed by atoms with Gasteiger partial charge in [-0.3, -0.25) is 0 Å². The van der Waals surface area contributed by atoms with Crippen molar-refractivity contribution in [2.75, 3.05) is 7.11 Å². The van der Waals surface area contributed by atoms with Crippen molar-refractivity contribution in [3.63, 3.8) is 0 Å². The molecule has 0 aliphatic carbocycles. The van der Waals surface area contributed by atoms with Crippen molar-refractivity contribution < 1.29 is 51.3 Å². The van der Waals surface area contributed by atoms with Crippen molar-refractivity contribution in [2.45, 2.75) is 33.1 Å². The first-order valence-corrected chi connectivity index (χ1v) is 11.3. The van der Waals surface area contributed by atoms with Gasteiger partial charge in [-0.05, 0) is 6.07 Å². The molecule has 0 N–H and O–H groups in total. The van der Waals surface area contributed by atoms with Crippen molar-refractivity contribution >= 4 is 33.1 Å². The zero-order valence-electron chi connectivity index (χ0n) is 20.6. The van der Waals surface area contributed by atoms with Gasteiger partial charge in [0.2, 0.25) is 0 Å². The Hall–Kier alpha value is -1.74. The van der Waals surface area contributed by atoms with E-state index in [2.05, 4.69) is 88.4 Å². The maximum atomic E-state index is 6.15. The predicted molar refractivity (Wildman–Crippen MR) is 140 cm³/mol. The van der Waals surface area contributed by atoms with Crippen molar-refractivity contribution in [1.82, 2.24) is 0 Å². The molecule has 0 spiro atoms. The van der Waals surface area contributed by atoms with Gasteiger partial charge in [0.25, 0.3) is 0 Å². The Bertz CT molecular complexity index is 1360. The molecule has 0 amide bonds. The Balaban J connectivity index is 0.000000407. The van der Waals surface area contributed by atoms with E-state index in [1.54, 1.807) is 7.11 Å². The number of methoxy groups -OCH3 is 1. The van der Waals surface area contributed by atoms with E-state index in [1.165, 1.54) is 33.0 Å². The quantitative estimate of drug-likeness (QED) is 0.239. The Morgan fingerprint density at radius 3 is 2.14 bits per heavy atom. The molecule has 5 rings (SSSR count). The maximum Gasteiger partial charge on any atom is 4.00 e. The van der Waals surface area contributed by atoms with Gasteiger partial charge in [-0.2, -0.15) is 23.3 Å². The van der Waals surface area contributed by atoms with Gasteiger partial charge in [0, 0.05) is 5.02 Å². The first-order chi connectivity index (χ1) is 15.3. The molecule has 0 aliphatic rings. The van der Waals surface area contributed by atoms with E-state index in [0.717, 1.165) is 21.5 Å². The van der Waals surface area contributed by atoms with Gasteiger partial charge in [-0.25, -0.2) is 6.07 Å². The third-order valence-corrected chi connectivity index (χ3v) is 6.10. The van der Waals surface area contributed by atoms with E-state index in [4.69, 9.17) is 16.3 Å². The van der Waals surface area contributed by atoms with E-state index in [1.807, 2.05) is 24.3 Å². The van der Waals surface area contributed by atoms with Crippen LogP contribution in [0.15, 0.2) is 84.9 Å². The van der Waals surface area contributed by atoms with Crippen molar-refractivity contribution in [3.8, 4) is 16.9 Å². The van der Waals surface area contributed by atoms with Gasteiger partial charge in [-0.15, -0.1) is 28.3 Å². The van der Waals surface area contributed by atoms with Crippen LogP contribution < -0.4 is 29.6 Å². The fourth-order valence-corrected chi connectivity index (χ4v) is 4.31. The molecule has 0 saturated carbocycles. The van der Waals surface area contributed by atoms with E-state index in [-0.39, 0.29) is 46.5 Å². The van der Waals surface area contributed by atoms with E-state index >= 15 is 0 Å². The van der Waals surface area contributed by atoms with Crippen LogP contribution >= 0.6 is 11.6 Å². The van der Waals surface area contributed by atoms with Gasteiger partial charge in [0.1, 0.15) is 0 Å². The summed E-state index contributed by atoms with van der Waals surface area (Å²) < 4.78 is 5.58. The van der Waals surface area contributed by atoms with E-state index < -0.39 is 0 Å². The third-order valence-electron chi connectivity index (χ3n) is 5.87. The van der Waals surface area contributed by atoms with E-state index in [9.17, 15) is 0 Å². The fraction of sp³-hybridized carbons (Fsp3) is 0.200. The molecule has 0 bridgehead atoms. The topological polar surface area (TPSA) is 9.23 Å². The van der Waals surface area contributed by atoms with Crippen molar-refractivity contribution in [1.29, 1.82) is 0 Å². The van der Waals surface area contributed by atoms with Crippen LogP contribution in [-0.2, 0) is 27.1 Å². The molecule has 5 aromatic rings. The SMILES string of the molecule is COc1ccc(-c2ccccc2)c2[cH-]c3cc(Cl)ccc3c12.C[c-]1ccc(C(C)(C)C)c1.[Cl-].[Cl-].[Ti+4]. The first kappa shape index (κ1) is 31.3. The minimum Gasteiger partial charge on any atom is -1.00 e. The number of ether oxygens (including phenoxy) is 1. The first-order valence-electron chi connectivity index (χ1n) is 10.9. The van der Waals surface area contributed by atoms with Gasteiger partial charge in [-0.1, -0.05) is 110 Å². The molecular weight excluding hydrogens is 531 g/mol. The monoisotopic (exact) mass is 558 g/mol. The standard InChI is InChI=1S/C20H14ClO.C10H15.2ClH.Ti/c1-22-19-10-9-16(13-5-3-2-4-6-13)18-12-14-11-15(21)7-8-17(14)20(18)19;1-8-5-6-9(7-8)10(2,3)4;;;/h2-12H,1H3;5-7H,1-4H3;2*1H;/q2*-1;;;+4/p-2. The molecule has 0 radical (unpaired) electrons. The second kappa shape index (κ2) is 13.0. The molecule has 0 aliphatic heterocycles. The molecule has 0 aromatic heterocycles. The minimum atomic E-state index is 0. The van der Waals surface area contributed by atoms with Crippen LogP contribution in [0.4, 0.5) is 0 Å². The second-order valence-electron chi connectivity index (χ2n) is 9.27. The molecule has 0 atom stereocenters. The Labute approximate surface area is 241 Å². The third kappa shape index (κ3) is 6.94. The van der Waals surface area contributed by atoms with Gasteiger partial charge >= 0.3 is 21.7 Å². The summed E-state index contributed by atoms with van der Waals surface area (Å²) in [5.41, 5.74) is 5.53. The molecule has 0 saturated heterocycles. The summed E-state index contributed by atoms with van der Waals surface area (Å²) in [6, 6.07) is 29.4. The number of fused-ring (bicyclic) bond motifs is 3. The molecule has 1 nitrogen and oxygen atoms in total. The smallest absolute Gasteiger partial charge is 1.00 e. The number of halogens is 3. The maximum absolute atomic E-state index is 6.15. The summed E-state index contributed by atoms with van der Waals surface area (Å²) >= 11 is 6.15. The number of benzene rings is 3. The van der Waals surface area contributed by atoms with Crippen LogP contribution in [0.5, 0.6) is 5.75 Å². The number of hydrogen-bond acceptors (Lipinski definition) is 1. The Kier molecular flexibility index (Phi) is 11.6. The summed E-state index contributed by atoms with van der Waals surface area (Å²) in [4.78, 5) is 0. The molecule has 180 valence electrons. The Morgan fingerprint density at radius 2 is 1.60 bits per heavy atom. The van der Waals surface area contributed by atoms with Crippen LogP contribution in [0.25, 0.3) is 32.7 Å². The molecule has 0 unspecified atom stereocenters. The number of hydrogen-bond donors (Lipinski definition) is 0. The van der Waals surface area contributed by atoms with Gasteiger partial charge in [0.05, 0.1) is 12.9 Å². The van der Waals surface area contributed by atoms with Crippen LogP contribution in [0, 0.1) is 6.92 Å². The average molecular weight is 560 g/mol. The fourth-order valence-electron chi connectivity index (χ4n) is 4.13. The molecule has 0 heterocycles. The molecule has 0 fully saturated rings. The zero-order chi connectivity index (χ0) is 22.9. The number of aryl methyl sites for hydroxylation is 1. The minimum absolute atomic E-state index is 0. The van der Waals surface area contributed by atoms with Crippen LogP contribution in [0.1, 0.15) is 31.9 Å². The Morgan fingerprint density at radius 1 is 0.914 bits per heavy atom. The average Bonchev–Trinajstić information content (AvgIpc) is 3.37. The van der Waals surface area contributed by atoms with Crippen molar-refractivity contribution in [2.24, 2.45) is 0 Å². The van der Waals surface area contributed by atoms with Crippen LogP contribution in [0.3, 0.4) is 0 Å². The zero-order valence-corrected chi connectivity index (χ0v) is 24.5. The largest absolute Gasteiger partial charge is 4.00 e. The van der Waals surface area contributed by atoms with Crippen molar-refractivity contribution in [3.05, 3.63) is 101 Å².